The number of aromatic nitrogens is 3. The molecule has 0 saturated carbocycles. The Morgan fingerprint density at radius 1 is 1.38 bits per heavy atom. The lowest BCUT2D eigenvalue weighted by atomic mass is 9.97. The van der Waals surface area contributed by atoms with E-state index in [-0.39, 0.29) is 6.10 Å². The summed E-state index contributed by atoms with van der Waals surface area (Å²) < 4.78 is 7.87. The van der Waals surface area contributed by atoms with E-state index in [2.05, 4.69) is 28.5 Å². The molecule has 112 valence electrons. The van der Waals surface area contributed by atoms with Gasteiger partial charge in [-0.1, -0.05) is 0 Å². The molecule has 0 aromatic carbocycles. The molecular formula is C16H22N4O. The second kappa shape index (κ2) is 6.83. The number of nitrogens with one attached hydrogen (secondary N) is 1. The molecule has 0 bridgehead atoms. The highest BCUT2D eigenvalue weighted by Gasteiger charge is 2.30. The summed E-state index contributed by atoms with van der Waals surface area (Å²) in [6, 6.07) is 4.09. The maximum atomic E-state index is 5.91. The lowest BCUT2D eigenvalue weighted by molar-refractivity contribution is 0.0904. The molecule has 1 saturated heterocycles. The van der Waals surface area contributed by atoms with Crippen LogP contribution in [0, 0.1) is 5.92 Å². The normalized spacial score (nSPS) is 21.8. The summed E-state index contributed by atoms with van der Waals surface area (Å²) in [6.07, 6.45) is 8.98. The first-order valence-corrected chi connectivity index (χ1v) is 7.60. The molecule has 21 heavy (non-hydrogen) atoms. The van der Waals surface area contributed by atoms with Gasteiger partial charge in [0.05, 0.1) is 12.3 Å². The van der Waals surface area contributed by atoms with Gasteiger partial charge >= 0.3 is 0 Å². The molecule has 0 radical (unpaired) electrons. The molecule has 3 heterocycles. The van der Waals surface area contributed by atoms with E-state index < -0.39 is 0 Å². The SMILES string of the molecule is CCn1cc([C@@H]2OCC[C@H]2CNCc2ccncc2)cn1. The van der Waals surface area contributed by atoms with Gasteiger partial charge in [-0.3, -0.25) is 9.67 Å². The van der Waals surface area contributed by atoms with Gasteiger partial charge in [-0.15, -0.1) is 0 Å². The van der Waals surface area contributed by atoms with E-state index in [1.807, 2.05) is 35.4 Å². The number of ether oxygens (including phenoxy) is 1. The average molecular weight is 286 g/mol. The van der Waals surface area contributed by atoms with Gasteiger partial charge in [0.15, 0.2) is 0 Å². The Bertz CT molecular complexity index is 554. The highest BCUT2D eigenvalue weighted by Crippen LogP contribution is 2.33. The molecule has 3 rings (SSSR count). The first-order valence-electron chi connectivity index (χ1n) is 7.60. The van der Waals surface area contributed by atoms with Crippen molar-refractivity contribution in [2.45, 2.75) is 32.5 Å². The van der Waals surface area contributed by atoms with Crippen LogP contribution in [0.3, 0.4) is 0 Å². The van der Waals surface area contributed by atoms with Crippen LogP contribution >= 0.6 is 0 Å². The number of aryl methyl sites for hydroxylation is 1. The predicted octanol–water partition coefficient (Wildman–Crippen LogP) is 2.17. The number of nitrogens with zero attached hydrogens (tertiary/aromatic N) is 3. The average Bonchev–Trinajstić information content (AvgIpc) is 3.16. The molecule has 1 aliphatic rings. The van der Waals surface area contributed by atoms with E-state index in [0.29, 0.717) is 5.92 Å². The van der Waals surface area contributed by atoms with Crippen molar-refractivity contribution >= 4 is 0 Å². The fourth-order valence-corrected chi connectivity index (χ4v) is 2.81. The number of hydrogen-bond acceptors (Lipinski definition) is 4. The van der Waals surface area contributed by atoms with E-state index in [4.69, 9.17) is 4.74 Å². The van der Waals surface area contributed by atoms with Gasteiger partial charge in [0.2, 0.25) is 0 Å². The van der Waals surface area contributed by atoms with Gasteiger partial charge in [-0.25, -0.2) is 0 Å². The molecule has 5 nitrogen and oxygen atoms in total. The summed E-state index contributed by atoms with van der Waals surface area (Å²) in [4.78, 5) is 4.04. The minimum Gasteiger partial charge on any atom is -0.373 e. The molecule has 2 aromatic rings. The molecule has 1 fully saturated rings. The zero-order valence-corrected chi connectivity index (χ0v) is 12.4. The minimum atomic E-state index is 0.176. The quantitative estimate of drug-likeness (QED) is 0.884. The van der Waals surface area contributed by atoms with Gasteiger partial charge in [-0.2, -0.15) is 5.10 Å². The maximum absolute atomic E-state index is 5.91. The first kappa shape index (κ1) is 14.2. The van der Waals surface area contributed by atoms with E-state index in [1.54, 1.807) is 0 Å². The van der Waals surface area contributed by atoms with E-state index in [9.17, 15) is 0 Å². The molecule has 0 amide bonds. The van der Waals surface area contributed by atoms with Crippen molar-refractivity contribution < 1.29 is 4.74 Å². The second-order valence-electron chi connectivity index (χ2n) is 5.46. The van der Waals surface area contributed by atoms with Crippen LogP contribution in [0.2, 0.25) is 0 Å². The Kier molecular flexibility index (Phi) is 4.62. The van der Waals surface area contributed by atoms with Gasteiger partial charge in [-0.05, 0) is 31.0 Å². The summed E-state index contributed by atoms with van der Waals surface area (Å²) in [5.41, 5.74) is 2.46. The third kappa shape index (κ3) is 3.49. The monoisotopic (exact) mass is 286 g/mol. The summed E-state index contributed by atoms with van der Waals surface area (Å²) in [7, 11) is 0. The van der Waals surface area contributed by atoms with E-state index >= 15 is 0 Å². The highest BCUT2D eigenvalue weighted by atomic mass is 16.5. The highest BCUT2D eigenvalue weighted by molar-refractivity contribution is 5.12. The molecule has 0 unspecified atom stereocenters. The molecule has 2 aromatic heterocycles. The van der Waals surface area contributed by atoms with Gasteiger partial charge in [0.1, 0.15) is 0 Å². The van der Waals surface area contributed by atoms with Crippen molar-refractivity contribution in [2.75, 3.05) is 13.2 Å². The molecule has 1 N–H and O–H groups in total. The van der Waals surface area contributed by atoms with Crippen molar-refractivity contribution in [2.24, 2.45) is 5.92 Å². The van der Waals surface area contributed by atoms with Crippen LogP contribution in [0.4, 0.5) is 0 Å². The van der Waals surface area contributed by atoms with Gasteiger partial charge < -0.3 is 10.1 Å². The van der Waals surface area contributed by atoms with Crippen LogP contribution in [0.5, 0.6) is 0 Å². The molecular weight excluding hydrogens is 264 g/mol. The fourth-order valence-electron chi connectivity index (χ4n) is 2.81. The van der Waals surface area contributed by atoms with Crippen LogP contribution in [-0.4, -0.2) is 27.9 Å². The molecule has 2 atom stereocenters. The predicted molar refractivity (Wildman–Crippen MR) is 80.6 cm³/mol. The Balaban J connectivity index is 1.54. The molecule has 1 aliphatic heterocycles. The van der Waals surface area contributed by atoms with Crippen molar-refractivity contribution in [1.29, 1.82) is 0 Å². The third-order valence-electron chi connectivity index (χ3n) is 4.00. The summed E-state index contributed by atoms with van der Waals surface area (Å²) >= 11 is 0. The fraction of sp³-hybridized carbons (Fsp3) is 0.500. The lowest BCUT2D eigenvalue weighted by Gasteiger charge is -2.17. The molecule has 5 heteroatoms. The topological polar surface area (TPSA) is 52.0 Å². The van der Waals surface area contributed by atoms with Crippen molar-refractivity contribution in [3.8, 4) is 0 Å². The lowest BCUT2D eigenvalue weighted by Crippen LogP contribution is -2.24. The van der Waals surface area contributed by atoms with Crippen LogP contribution < -0.4 is 5.32 Å². The number of rotatable bonds is 6. The standard InChI is InChI=1S/C16H22N4O/c1-2-20-12-15(11-19-20)16-14(5-8-21-16)10-18-9-13-3-6-17-7-4-13/h3-4,6-7,11-12,14,16,18H,2,5,8-10H2,1H3/t14-,16+/m0/s1. The van der Waals surface area contributed by atoms with Crippen molar-refractivity contribution in [1.82, 2.24) is 20.1 Å². The molecule has 0 spiro atoms. The van der Waals surface area contributed by atoms with Crippen LogP contribution in [0.25, 0.3) is 0 Å². The zero-order valence-electron chi connectivity index (χ0n) is 12.4. The van der Waals surface area contributed by atoms with Gasteiger partial charge in [0.25, 0.3) is 0 Å². The minimum absolute atomic E-state index is 0.176. The Morgan fingerprint density at radius 2 is 2.24 bits per heavy atom. The van der Waals surface area contributed by atoms with Crippen LogP contribution in [0.1, 0.15) is 30.6 Å². The van der Waals surface area contributed by atoms with Crippen LogP contribution in [0.15, 0.2) is 36.9 Å². The maximum Gasteiger partial charge on any atom is 0.0896 e. The smallest absolute Gasteiger partial charge is 0.0896 e. The Labute approximate surface area is 125 Å². The number of hydrogen-bond donors (Lipinski definition) is 1. The van der Waals surface area contributed by atoms with E-state index in [1.165, 1.54) is 11.1 Å². The van der Waals surface area contributed by atoms with E-state index in [0.717, 1.165) is 32.7 Å². The molecule has 0 aliphatic carbocycles. The largest absolute Gasteiger partial charge is 0.373 e. The van der Waals surface area contributed by atoms with Gasteiger partial charge in [0, 0.05) is 56.3 Å². The third-order valence-corrected chi connectivity index (χ3v) is 4.00. The van der Waals surface area contributed by atoms with Crippen LogP contribution in [-0.2, 0) is 17.8 Å². The van der Waals surface area contributed by atoms with Crippen molar-refractivity contribution in [3.63, 3.8) is 0 Å². The zero-order chi connectivity index (χ0) is 14.5. The first-order chi connectivity index (χ1) is 10.4. The van der Waals surface area contributed by atoms with Crippen molar-refractivity contribution in [3.05, 3.63) is 48.0 Å². The summed E-state index contributed by atoms with van der Waals surface area (Å²) in [5.74, 6) is 0.515. The summed E-state index contributed by atoms with van der Waals surface area (Å²) in [6.45, 7) is 5.67. The Morgan fingerprint density at radius 3 is 3.00 bits per heavy atom. The second-order valence-corrected chi connectivity index (χ2v) is 5.46. The number of pyridine rings is 1. The summed E-state index contributed by atoms with van der Waals surface area (Å²) in [5, 5.41) is 7.88. The Hall–Kier alpha value is -1.72.